The second kappa shape index (κ2) is 6.34. The Bertz CT molecular complexity index is 824. The highest BCUT2D eigenvalue weighted by atomic mass is 16.5. The number of ether oxygens (including phenoxy) is 1. The maximum Gasteiger partial charge on any atom is 0.317 e. The average molecular weight is 321 g/mol. The third-order valence-electron chi connectivity index (χ3n) is 3.82. The zero-order valence-electron chi connectivity index (χ0n) is 12.7. The van der Waals surface area contributed by atoms with Crippen LogP contribution in [0.15, 0.2) is 15.9 Å². The normalized spacial score (nSPS) is 15.9. The fraction of sp³-hybridized carbons (Fsp3) is 0.538. The van der Waals surface area contributed by atoms with Gasteiger partial charge in [-0.25, -0.2) is 9.97 Å². The minimum atomic E-state index is -1.15. The van der Waals surface area contributed by atoms with Crippen molar-refractivity contribution in [3.05, 3.63) is 32.2 Å². The Morgan fingerprint density at radius 1 is 1.26 bits per heavy atom. The fourth-order valence-corrected chi connectivity index (χ4v) is 2.52. The number of fused-ring (bicyclic) bond motifs is 1. The van der Waals surface area contributed by atoms with E-state index in [0.717, 1.165) is 24.2 Å². The summed E-state index contributed by atoms with van der Waals surface area (Å²) in [6.45, 7) is 4.42. The van der Waals surface area contributed by atoms with E-state index in [-0.39, 0.29) is 21.7 Å². The van der Waals surface area contributed by atoms with Crippen LogP contribution in [0.2, 0.25) is 0 Å². The molecule has 0 aromatic carbocycles. The molecule has 0 unspecified atom stereocenters. The lowest BCUT2D eigenvalue weighted by atomic mass is 10.4. The van der Waals surface area contributed by atoms with Crippen LogP contribution < -0.4 is 16.4 Å². The first-order chi connectivity index (χ1) is 11.1. The Morgan fingerprint density at radius 3 is 2.74 bits per heavy atom. The fourth-order valence-electron chi connectivity index (χ4n) is 2.52. The molecule has 2 aromatic rings. The molecule has 2 aromatic heterocycles. The van der Waals surface area contributed by atoms with Crippen LogP contribution >= 0.6 is 0 Å². The topological polar surface area (TPSA) is 117 Å². The molecule has 10 heteroatoms. The zero-order valence-corrected chi connectivity index (χ0v) is 12.7. The lowest BCUT2D eigenvalue weighted by molar-refractivity contribution is 0.0398. The lowest BCUT2D eigenvalue weighted by Crippen LogP contribution is -2.40. The van der Waals surface area contributed by atoms with Crippen molar-refractivity contribution in [2.75, 3.05) is 44.7 Å². The van der Waals surface area contributed by atoms with Gasteiger partial charge in [0, 0.05) is 33.2 Å². The largest absolute Gasteiger partial charge is 0.803 e. The summed E-state index contributed by atoms with van der Waals surface area (Å²) in [5.74, 6) is 0.242. The molecule has 0 bridgehead atoms. The van der Waals surface area contributed by atoms with Gasteiger partial charge in [0.1, 0.15) is 11.8 Å². The van der Waals surface area contributed by atoms with Gasteiger partial charge in [0.2, 0.25) is 0 Å². The van der Waals surface area contributed by atoms with E-state index >= 15 is 0 Å². The summed E-state index contributed by atoms with van der Waals surface area (Å²) in [6.07, 6.45) is 1.25. The molecule has 0 saturated carbocycles. The Labute approximate surface area is 130 Å². The Kier molecular flexibility index (Phi) is 4.26. The molecule has 124 valence electrons. The molecule has 0 aliphatic carbocycles. The quantitative estimate of drug-likeness (QED) is 0.682. The van der Waals surface area contributed by atoms with Crippen molar-refractivity contribution < 1.29 is 4.74 Å². The number of aryl methyl sites for hydroxylation is 1. The van der Waals surface area contributed by atoms with E-state index < -0.39 is 11.1 Å². The Hall–Kier alpha value is -2.46. The van der Waals surface area contributed by atoms with E-state index in [0.29, 0.717) is 19.8 Å². The maximum absolute atomic E-state index is 12.0. The highest BCUT2D eigenvalue weighted by Crippen LogP contribution is 2.15. The number of nitrogens with one attached hydrogen (secondary N) is 1. The number of hydrogen-bond acceptors (Lipinski definition) is 8. The minimum Gasteiger partial charge on any atom is -0.803 e. The number of morpholine rings is 1. The number of hydrogen-bond donors (Lipinski definition) is 1. The maximum atomic E-state index is 12.0. The summed E-state index contributed by atoms with van der Waals surface area (Å²) in [5.41, 5.74) is -1.97. The summed E-state index contributed by atoms with van der Waals surface area (Å²) >= 11 is 0. The Morgan fingerprint density at radius 2 is 2.00 bits per heavy atom. The Balaban J connectivity index is 1.86. The van der Waals surface area contributed by atoms with Gasteiger partial charge in [0.05, 0.1) is 13.2 Å². The third kappa shape index (κ3) is 2.90. The molecule has 0 atom stereocenters. The molecule has 1 aliphatic rings. The van der Waals surface area contributed by atoms with Crippen molar-refractivity contribution >= 4 is 17.0 Å². The van der Waals surface area contributed by atoms with Gasteiger partial charge in [0.15, 0.2) is 11.5 Å². The van der Waals surface area contributed by atoms with Gasteiger partial charge >= 0.3 is 11.1 Å². The van der Waals surface area contributed by atoms with Crippen molar-refractivity contribution in [2.45, 2.75) is 0 Å². The summed E-state index contributed by atoms with van der Waals surface area (Å²) < 4.78 is 6.39. The highest BCUT2D eigenvalue weighted by Gasteiger charge is 2.13. The lowest BCUT2D eigenvalue weighted by Gasteiger charge is -2.26. The smallest absolute Gasteiger partial charge is 0.317 e. The van der Waals surface area contributed by atoms with Gasteiger partial charge in [-0.15, -0.1) is 0 Å². The molecule has 0 spiro atoms. The van der Waals surface area contributed by atoms with Gasteiger partial charge in [0.25, 0.3) is 0 Å². The van der Waals surface area contributed by atoms with Gasteiger partial charge in [-0.1, -0.05) is 0 Å². The van der Waals surface area contributed by atoms with Gasteiger partial charge in [-0.3, -0.25) is 19.1 Å². The van der Waals surface area contributed by atoms with Gasteiger partial charge < -0.3 is 20.0 Å². The SMILES string of the molecule is Cn1c(=O)c(=O)n([O-])c2c(NCCN3CCOCC3)ncnc21. The van der Waals surface area contributed by atoms with Crippen LogP contribution in [0.4, 0.5) is 5.82 Å². The molecule has 3 rings (SSSR count). The molecular formula is C13H17N6O4-. The first-order valence-corrected chi connectivity index (χ1v) is 7.28. The van der Waals surface area contributed by atoms with Crippen molar-refractivity contribution in [1.29, 1.82) is 0 Å². The van der Waals surface area contributed by atoms with Crippen LogP contribution in [0.1, 0.15) is 0 Å². The first-order valence-electron chi connectivity index (χ1n) is 7.28. The van der Waals surface area contributed by atoms with Crippen LogP contribution in [-0.4, -0.2) is 63.6 Å². The second-order valence-electron chi connectivity index (χ2n) is 5.24. The first kappa shape index (κ1) is 15.4. The van der Waals surface area contributed by atoms with Crippen LogP contribution in [0.5, 0.6) is 0 Å². The van der Waals surface area contributed by atoms with E-state index in [1.807, 2.05) is 0 Å². The average Bonchev–Trinajstić information content (AvgIpc) is 2.59. The second-order valence-corrected chi connectivity index (χ2v) is 5.24. The van der Waals surface area contributed by atoms with Crippen molar-refractivity contribution in [3.63, 3.8) is 0 Å². The predicted molar refractivity (Wildman–Crippen MR) is 83.6 cm³/mol. The van der Waals surface area contributed by atoms with E-state index in [2.05, 4.69) is 20.2 Å². The zero-order chi connectivity index (χ0) is 16.4. The number of nitrogens with zero attached hydrogens (tertiary/aromatic N) is 5. The molecular weight excluding hydrogens is 304 g/mol. The van der Waals surface area contributed by atoms with E-state index in [4.69, 9.17) is 4.74 Å². The third-order valence-corrected chi connectivity index (χ3v) is 3.82. The summed E-state index contributed by atoms with van der Waals surface area (Å²) in [4.78, 5) is 33.5. The van der Waals surface area contributed by atoms with Crippen LogP contribution in [0.3, 0.4) is 0 Å². The summed E-state index contributed by atoms with van der Waals surface area (Å²) in [5, 5.41) is 15.1. The predicted octanol–water partition coefficient (Wildman–Crippen LogP) is -1.42. The van der Waals surface area contributed by atoms with Crippen LogP contribution in [-0.2, 0) is 11.8 Å². The monoisotopic (exact) mass is 321 g/mol. The van der Waals surface area contributed by atoms with Crippen molar-refractivity contribution in [1.82, 2.24) is 24.2 Å². The number of anilines is 1. The minimum absolute atomic E-state index is 0.0263. The van der Waals surface area contributed by atoms with E-state index in [9.17, 15) is 14.8 Å². The van der Waals surface area contributed by atoms with Gasteiger partial charge in [-0.05, 0) is 0 Å². The highest BCUT2D eigenvalue weighted by molar-refractivity contribution is 5.83. The molecule has 1 N–H and O–H groups in total. The molecule has 1 aliphatic heterocycles. The summed E-state index contributed by atoms with van der Waals surface area (Å²) in [7, 11) is 1.40. The molecule has 10 nitrogen and oxygen atoms in total. The summed E-state index contributed by atoms with van der Waals surface area (Å²) in [6, 6.07) is 0. The van der Waals surface area contributed by atoms with Crippen LogP contribution in [0, 0.1) is 5.21 Å². The molecule has 1 saturated heterocycles. The molecule has 0 amide bonds. The number of rotatable bonds is 4. The molecule has 0 radical (unpaired) electrons. The van der Waals surface area contributed by atoms with Crippen molar-refractivity contribution in [2.24, 2.45) is 7.05 Å². The van der Waals surface area contributed by atoms with E-state index in [1.54, 1.807) is 0 Å². The molecule has 1 fully saturated rings. The standard InChI is InChI=1S/C13H17N6O4/c1-17-11-9(19(22)13(21)12(17)20)10(15-8-16-11)14-2-3-18-4-6-23-7-5-18/h8H,2-7H2,1H3,(H,14,15,16)/q-1. The van der Waals surface area contributed by atoms with Gasteiger partial charge in [-0.2, -0.15) is 0 Å². The van der Waals surface area contributed by atoms with Crippen molar-refractivity contribution in [3.8, 4) is 0 Å². The van der Waals surface area contributed by atoms with Crippen LogP contribution in [0.25, 0.3) is 11.2 Å². The number of aromatic nitrogens is 4. The van der Waals surface area contributed by atoms with E-state index in [1.165, 1.54) is 13.4 Å². The molecule has 3 heterocycles. The molecule has 23 heavy (non-hydrogen) atoms.